The van der Waals surface area contributed by atoms with Gasteiger partial charge in [-0.05, 0) is 19.9 Å². The lowest BCUT2D eigenvalue weighted by Gasteiger charge is -2.36. The molecule has 3 heterocycles. The Balaban J connectivity index is 2.01. The average molecular weight is 261 g/mol. The minimum Gasteiger partial charge on any atom is -0.390 e. The van der Waals surface area contributed by atoms with Crippen molar-refractivity contribution >= 4 is 11.6 Å². The highest BCUT2D eigenvalue weighted by Gasteiger charge is 2.23. The zero-order valence-electron chi connectivity index (χ0n) is 11.2. The largest absolute Gasteiger partial charge is 0.390 e. The summed E-state index contributed by atoms with van der Waals surface area (Å²) >= 11 is 0. The fraction of sp³-hybridized carbons (Fsp3) is 0.538. The molecule has 2 atom stereocenters. The highest BCUT2D eigenvalue weighted by atomic mass is 16.3. The number of piperazine rings is 1. The van der Waals surface area contributed by atoms with E-state index in [0.29, 0.717) is 17.8 Å². The number of hydrogen-bond donors (Lipinski definition) is 2. The van der Waals surface area contributed by atoms with Gasteiger partial charge in [0.25, 0.3) is 0 Å². The summed E-state index contributed by atoms with van der Waals surface area (Å²) < 4.78 is 1.95. The number of nitrogens with zero attached hydrogens (tertiary/aromatic N) is 4. The van der Waals surface area contributed by atoms with Crippen molar-refractivity contribution in [2.75, 3.05) is 18.0 Å². The van der Waals surface area contributed by atoms with Crippen LogP contribution in [0.15, 0.2) is 18.5 Å². The van der Waals surface area contributed by atoms with Crippen LogP contribution in [0, 0.1) is 0 Å². The third-order valence-electron chi connectivity index (χ3n) is 3.41. The highest BCUT2D eigenvalue weighted by Crippen LogP contribution is 2.17. The van der Waals surface area contributed by atoms with Crippen molar-refractivity contribution < 1.29 is 5.11 Å². The Morgan fingerprint density at radius 2 is 2.11 bits per heavy atom. The van der Waals surface area contributed by atoms with Crippen LogP contribution in [0.5, 0.6) is 0 Å². The standard InChI is InChI=1S/C13H19N5O/c1-9-5-17(6-10(2)15-9)13-14-4-3-12-16-11(8-19)7-18(12)13/h3-4,7,9-10,15,19H,5-6,8H2,1-2H3/t9-,10+. The van der Waals surface area contributed by atoms with Crippen molar-refractivity contribution in [2.45, 2.75) is 32.5 Å². The van der Waals surface area contributed by atoms with Crippen LogP contribution in [0.4, 0.5) is 5.95 Å². The van der Waals surface area contributed by atoms with E-state index in [1.54, 1.807) is 6.20 Å². The van der Waals surface area contributed by atoms with Crippen LogP contribution in [-0.4, -0.2) is 44.6 Å². The maximum absolute atomic E-state index is 9.20. The number of imidazole rings is 1. The van der Waals surface area contributed by atoms with Crippen molar-refractivity contribution in [2.24, 2.45) is 0 Å². The fourth-order valence-electron chi connectivity index (χ4n) is 2.76. The summed E-state index contributed by atoms with van der Waals surface area (Å²) in [5.41, 5.74) is 1.50. The van der Waals surface area contributed by atoms with Gasteiger partial charge in [-0.15, -0.1) is 0 Å². The molecule has 0 saturated carbocycles. The predicted octanol–water partition coefficient (Wildman–Crippen LogP) is 0.408. The molecule has 1 aliphatic heterocycles. The topological polar surface area (TPSA) is 65.7 Å². The third-order valence-corrected chi connectivity index (χ3v) is 3.41. The Labute approximate surface area is 112 Å². The molecule has 6 heteroatoms. The van der Waals surface area contributed by atoms with E-state index in [1.165, 1.54) is 0 Å². The van der Waals surface area contributed by atoms with Gasteiger partial charge in [-0.3, -0.25) is 4.40 Å². The number of aliphatic hydroxyl groups excluding tert-OH is 1. The highest BCUT2D eigenvalue weighted by molar-refractivity contribution is 5.48. The summed E-state index contributed by atoms with van der Waals surface area (Å²) in [5.74, 6) is 0.893. The molecule has 102 valence electrons. The van der Waals surface area contributed by atoms with Crippen molar-refractivity contribution in [3.63, 3.8) is 0 Å². The maximum Gasteiger partial charge on any atom is 0.211 e. The molecule has 2 aromatic rings. The number of fused-ring (bicyclic) bond motifs is 1. The van der Waals surface area contributed by atoms with E-state index in [-0.39, 0.29) is 6.61 Å². The molecule has 0 spiro atoms. The number of nitrogens with one attached hydrogen (secondary N) is 1. The molecule has 0 unspecified atom stereocenters. The van der Waals surface area contributed by atoms with Gasteiger partial charge >= 0.3 is 0 Å². The van der Waals surface area contributed by atoms with Gasteiger partial charge in [0.15, 0.2) is 0 Å². The van der Waals surface area contributed by atoms with Gasteiger partial charge in [-0.1, -0.05) is 0 Å². The number of hydrogen-bond acceptors (Lipinski definition) is 5. The lowest BCUT2D eigenvalue weighted by Crippen LogP contribution is -2.54. The van der Waals surface area contributed by atoms with Crippen LogP contribution in [0.3, 0.4) is 0 Å². The number of rotatable bonds is 2. The first kappa shape index (κ1) is 12.4. The van der Waals surface area contributed by atoms with Crippen molar-refractivity contribution in [3.05, 3.63) is 24.2 Å². The zero-order chi connectivity index (χ0) is 13.4. The van der Waals surface area contributed by atoms with Gasteiger partial charge in [0.2, 0.25) is 5.95 Å². The third kappa shape index (κ3) is 2.29. The maximum atomic E-state index is 9.20. The molecule has 0 amide bonds. The Hall–Kier alpha value is -1.66. The molecule has 1 fully saturated rings. The molecular weight excluding hydrogens is 242 g/mol. The van der Waals surface area contributed by atoms with Crippen molar-refractivity contribution in [1.82, 2.24) is 19.7 Å². The monoisotopic (exact) mass is 261 g/mol. The summed E-state index contributed by atoms with van der Waals surface area (Å²) in [5, 5.41) is 12.7. The van der Waals surface area contributed by atoms with Gasteiger partial charge < -0.3 is 15.3 Å². The van der Waals surface area contributed by atoms with Crippen LogP contribution in [0.1, 0.15) is 19.5 Å². The minimum atomic E-state index is -0.0461. The van der Waals surface area contributed by atoms with E-state index in [4.69, 9.17) is 0 Å². The number of anilines is 1. The second kappa shape index (κ2) is 4.79. The Morgan fingerprint density at radius 3 is 2.79 bits per heavy atom. The Kier molecular flexibility index (Phi) is 3.12. The first-order chi connectivity index (χ1) is 9.17. The summed E-state index contributed by atoms with van der Waals surface area (Å²) in [4.78, 5) is 11.1. The molecule has 6 nitrogen and oxygen atoms in total. The molecule has 2 aromatic heterocycles. The average Bonchev–Trinajstić information content (AvgIpc) is 2.80. The molecule has 1 saturated heterocycles. The van der Waals surface area contributed by atoms with Crippen molar-refractivity contribution in [1.29, 1.82) is 0 Å². The van der Waals surface area contributed by atoms with Crippen LogP contribution in [0.2, 0.25) is 0 Å². The van der Waals surface area contributed by atoms with Gasteiger partial charge in [0.1, 0.15) is 5.65 Å². The van der Waals surface area contributed by atoms with Gasteiger partial charge in [-0.2, -0.15) is 0 Å². The molecular formula is C13H19N5O. The molecule has 0 aliphatic carbocycles. The van der Waals surface area contributed by atoms with Gasteiger partial charge in [0, 0.05) is 37.6 Å². The van der Waals surface area contributed by atoms with Crippen LogP contribution >= 0.6 is 0 Å². The Morgan fingerprint density at radius 1 is 1.37 bits per heavy atom. The van der Waals surface area contributed by atoms with E-state index in [2.05, 4.69) is 34.0 Å². The minimum absolute atomic E-state index is 0.0461. The number of aliphatic hydroxyl groups is 1. The molecule has 3 rings (SSSR count). The molecule has 0 bridgehead atoms. The lowest BCUT2D eigenvalue weighted by molar-refractivity contribution is 0.277. The summed E-state index contributed by atoms with van der Waals surface area (Å²) in [6.45, 7) is 6.15. The lowest BCUT2D eigenvalue weighted by atomic mass is 10.1. The second-order valence-corrected chi connectivity index (χ2v) is 5.24. The van der Waals surface area contributed by atoms with E-state index in [1.807, 2.05) is 16.7 Å². The van der Waals surface area contributed by atoms with Crippen LogP contribution in [-0.2, 0) is 6.61 Å². The smallest absolute Gasteiger partial charge is 0.211 e. The molecule has 19 heavy (non-hydrogen) atoms. The van der Waals surface area contributed by atoms with Crippen molar-refractivity contribution in [3.8, 4) is 0 Å². The van der Waals surface area contributed by atoms with E-state index in [9.17, 15) is 5.11 Å². The normalized spacial score (nSPS) is 24.1. The predicted molar refractivity (Wildman–Crippen MR) is 73.2 cm³/mol. The SMILES string of the molecule is C[C@@H]1CN(c2nccc3nc(CO)cn23)C[C@H](C)N1. The molecule has 2 N–H and O–H groups in total. The van der Waals surface area contributed by atoms with Gasteiger partial charge in [0.05, 0.1) is 12.3 Å². The first-order valence-corrected chi connectivity index (χ1v) is 6.62. The quantitative estimate of drug-likeness (QED) is 0.819. The van der Waals surface area contributed by atoms with Crippen LogP contribution < -0.4 is 10.2 Å². The van der Waals surface area contributed by atoms with E-state index >= 15 is 0 Å². The summed E-state index contributed by atoms with van der Waals surface area (Å²) in [7, 11) is 0. The van der Waals surface area contributed by atoms with E-state index in [0.717, 1.165) is 24.7 Å². The summed E-state index contributed by atoms with van der Waals surface area (Å²) in [6.07, 6.45) is 3.63. The first-order valence-electron chi connectivity index (χ1n) is 6.62. The number of aromatic nitrogens is 3. The summed E-state index contributed by atoms with van der Waals surface area (Å²) in [6, 6.07) is 2.72. The van der Waals surface area contributed by atoms with Gasteiger partial charge in [-0.25, -0.2) is 9.97 Å². The zero-order valence-corrected chi connectivity index (χ0v) is 11.2. The van der Waals surface area contributed by atoms with E-state index < -0.39 is 0 Å². The van der Waals surface area contributed by atoms with Crippen LogP contribution in [0.25, 0.3) is 5.65 Å². The fourth-order valence-corrected chi connectivity index (χ4v) is 2.76. The Bertz CT molecular complexity index is 571. The molecule has 0 radical (unpaired) electrons. The molecule has 0 aromatic carbocycles. The second-order valence-electron chi connectivity index (χ2n) is 5.24. The molecule has 1 aliphatic rings.